The Morgan fingerprint density at radius 3 is 2.48 bits per heavy atom. The molecule has 1 aromatic rings. The molecule has 0 bridgehead atoms. The van der Waals surface area contributed by atoms with Gasteiger partial charge in [-0.1, -0.05) is 13.0 Å². The number of nitrogens with one attached hydrogen (secondary N) is 1. The summed E-state index contributed by atoms with van der Waals surface area (Å²) >= 11 is 0. The van der Waals surface area contributed by atoms with Crippen LogP contribution in [0.5, 0.6) is 11.5 Å². The fourth-order valence-electron chi connectivity index (χ4n) is 1.74. The number of hydrogen-bond donors (Lipinski definition) is 1. The largest absolute Gasteiger partial charge is 0.490 e. The fourth-order valence-corrected chi connectivity index (χ4v) is 1.74. The Kier molecular flexibility index (Phi) is 7.36. The third-order valence-electron chi connectivity index (χ3n) is 2.71. The van der Waals surface area contributed by atoms with Gasteiger partial charge in [0.25, 0.3) is 0 Å². The lowest BCUT2D eigenvalue weighted by Gasteiger charge is -2.14. The van der Waals surface area contributed by atoms with E-state index in [0.29, 0.717) is 24.7 Å². The zero-order chi connectivity index (χ0) is 15.7. The van der Waals surface area contributed by atoms with Crippen molar-refractivity contribution in [2.45, 2.75) is 39.4 Å². The van der Waals surface area contributed by atoms with E-state index in [0.717, 1.165) is 18.5 Å². The van der Waals surface area contributed by atoms with E-state index in [1.54, 1.807) is 12.1 Å². The smallest absolute Gasteiger partial charge is 0.392 e. The molecule has 1 rings (SSSR count). The SMILES string of the molecule is CCCNCc1ccc(OCCC(F)(F)F)c(OCC)c1. The summed E-state index contributed by atoms with van der Waals surface area (Å²) in [6.45, 7) is 5.53. The predicted molar refractivity (Wildman–Crippen MR) is 75.8 cm³/mol. The summed E-state index contributed by atoms with van der Waals surface area (Å²) in [5.74, 6) is 0.829. The number of alkyl halides is 3. The first kappa shape index (κ1) is 17.6. The summed E-state index contributed by atoms with van der Waals surface area (Å²) in [7, 11) is 0. The molecule has 0 aliphatic heterocycles. The van der Waals surface area contributed by atoms with Gasteiger partial charge in [0.15, 0.2) is 11.5 Å². The molecule has 1 aromatic carbocycles. The van der Waals surface area contributed by atoms with Crippen LogP contribution in [0.25, 0.3) is 0 Å². The molecule has 0 atom stereocenters. The van der Waals surface area contributed by atoms with Crippen LogP contribution in [0.4, 0.5) is 13.2 Å². The van der Waals surface area contributed by atoms with Crippen molar-refractivity contribution in [3.05, 3.63) is 23.8 Å². The summed E-state index contributed by atoms with van der Waals surface area (Å²) in [6.07, 6.45) is -4.15. The molecule has 0 aliphatic carbocycles. The maximum absolute atomic E-state index is 12.1. The molecule has 0 heterocycles. The molecular formula is C15H22F3NO2. The molecule has 0 aromatic heterocycles. The van der Waals surface area contributed by atoms with E-state index in [1.165, 1.54) is 0 Å². The Morgan fingerprint density at radius 1 is 1.10 bits per heavy atom. The summed E-state index contributed by atoms with van der Waals surface area (Å²) in [6, 6.07) is 5.29. The normalized spacial score (nSPS) is 11.5. The van der Waals surface area contributed by atoms with Gasteiger partial charge in [-0.25, -0.2) is 0 Å². The van der Waals surface area contributed by atoms with Gasteiger partial charge < -0.3 is 14.8 Å². The van der Waals surface area contributed by atoms with Gasteiger partial charge in [-0.3, -0.25) is 0 Å². The number of halogens is 3. The topological polar surface area (TPSA) is 30.5 Å². The maximum atomic E-state index is 12.1. The van der Waals surface area contributed by atoms with Crippen LogP contribution >= 0.6 is 0 Å². The van der Waals surface area contributed by atoms with Crippen molar-refractivity contribution in [1.29, 1.82) is 0 Å². The van der Waals surface area contributed by atoms with Gasteiger partial charge in [0.1, 0.15) is 0 Å². The number of benzene rings is 1. The molecule has 0 aliphatic rings. The van der Waals surface area contributed by atoms with Crippen LogP contribution in [-0.2, 0) is 6.54 Å². The van der Waals surface area contributed by atoms with Crippen LogP contribution in [0.1, 0.15) is 32.3 Å². The molecule has 120 valence electrons. The van der Waals surface area contributed by atoms with Crippen molar-refractivity contribution in [3.8, 4) is 11.5 Å². The first-order chi connectivity index (χ1) is 9.96. The third-order valence-corrected chi connectivity index (χ3v) is 2.71. The van der Waals surface area contributed by atoms with E-state index < -0.39 is 19.2 Å². The average Bonchev–Trinajstić information content (AvgIpc) is 2.40. The molecule has 0 saturated heterocycles. The Balaban J connectivity index is 2.65. The standard InChI is InChI=1S/C15H22F3NO2/c1-3-8-19-11-12-5-6-13(14(10-12)20-4-2)21-9-7-15(16,17)18/h5-6,10,19H,3-4,7-9,11H2,1-2H3. The Labute approximate surface area is 123 Å². The van der Waals surface area contributed by atoms with Crippen LogP contribution in [0.2, 0.25) is 0 Å². The van der Waals surface area contributed by atoms with Crippen molar-refractivity contribution in [1.82, 2.24) is 5.32 Å². The predicted octanol–water partition coefficient (Wildman–Crippen LogP) is 3.92. The summed E-state index contributed by atoms with van der Waals surface area (Å²) in [5, 5.41) is 3.26. The quantitative estimate of drug-likeness (QED) is 0.702. The molecule has 21 heavy (non-hydrogen) atoms. The highest BCUT2D eigenvalue weighted by Crippen LogP contribution is 2.29. The van der Waals surface area contributed by atoms with E-state index >= 15 is 0 Å². The van der Waals surface area contributed by atoms with E-state index in [2.05, 4.69) is 12.2 Å². The second kappa shape index (κ2) is 8.77. The number of ether oxygens (including phenoxy) is 2. The first-order valence-electron chi connectivity index (χ1n) is 7.12. The molecule has 1 N–H and O–H groups in total. The number of rotatable bonds is 9. The molecule has 6 heteroatoms. The molecule has 0 radical (unpaired) electrons. The molecule has 0 amide bonds. The maximum Gasteiger partial charge on any atom is 0.392 e. The number of hydrogen-bond acceptors (Lipinski definition) is 3. The van der Waals surface area contributed by atoms with Crippen molar-refractivity contribution in [2.24, 2.45) is 0 Å². The van der Waals surface area contributed by atoms with E-state index in [4.69, 9.17) is 9.47 Å². The summed E-state index contributed by atoms with van der Waals surface area (Å²) < 4.78 is 47.0. The minimum Gasteiger partial charge on any atom is -0.490 e. The highest BCUT2D eigenvalue weighted by atomic mass is 19.4. The third kappa shape index (κ3) is 7.22. The van der Waals surface area contributed by atoms with Crippen LogP contribution in [0.3, 0.4) is 0 Å². The van der Waals surface area contributed by atoms with Gasteiger partial charge >= 0.3 is 6.18 Å². The van der Waals surface area contributed by atoms with Gasteiger partial charge in [0.05, 0.1) is 19.6 Å². The van der Waals surface area contributed by atoms with Gasteiger partial charge in [-0.05, 0) is 37.6 Å². The monoisotopic (exact) mass is 305 g/mol. The first-order valence-corrected chi connectivity index (χ1v) is 7.12. The van der Waals surface area contributed by atoms with Gasteiger partial charge in [0.2, 0.25) is 0 Å². The average molecular weight is 305 g/mol. The highest BCUT2D eigenvalue weighted by Gasteiger charge is 2.27. The lowest BCUT2D eigenvalue weighted by molar-refractivity contribution is -0.139. The zero-order valence-electron chi connectivity index (χ0n) is 12.4. The highest BCUT2D eigenvalue weighted by molar-refractivity contribution is 5.43. The Bertz CT molecular complexity index is 422. The van der Waals surface area contributed by atoms with Gasteiger partial charge in [0, 0.05) is 6.54 Å². The van der Waals surface area contributed by atoms with Crippen LogP contribution in [0, 0.1) is 0 Å². The molecule has 0 fully saturated rings. The molecule has 0 saturated carbocycles. The van der Waals surface area contributed by atoms with Crippen molar-refractivity contribution in [2.75, 3.05) is 19.8 Å². The lowest BCUT2D eigenvalue weighted by atomic mass is 10.2. The Morgan fingerprint density at radius 2 is 1.86 bits per heavy atom. The summed E-state index contributed by atoms with van der Waals surface area (Å²) in [5.41, 5.74) is 1.01. The van der Waals surface area contributed by atoms with Crippen LogP contribution < -0.4 is 14.8 Å². The summed E-state index contributed by atoms with van der Waals surface area (Å²) in [4.78, 5) is 0. The van der Waals surface area contributed by atoms with E-state index in [9.17, 15) is 13.2 Å². The molecule has 0 unspecified atom stereocenters. The van der Waals surface area contributed by atoms with Gasteiger partial charge in [-0.2, -0.15) is 13.2 Å². The molecular weight excluding hydrogens is 283 g/mol. The Hall–Kier alpha value is -1.43. The second-order valence-electron chi connectivity index (χ2n) is 4.60. The van der Waals surface area contributed by atoms with E-state index in [-0.39, 0.29) is 0 Å². The lowest BCUT2D eigenvalue weighted by Crippen LogP contribution is -2.15. The van der Waals surface area contributed by atoms with Gasteiger partial charge in [-0.15, -0.1) is 0 Å². The zero-order valence-corrected chi connectivity index (χ0v) is 12.4. The van der Waals surface area contributed by atoms with Crippen LogP contribution in [0.15, 0.2) is 18.2 Å². The minimum absolute atomic E-state index is 0.348. The van der Waals surface area contributed by atoms with E-state index in [1.807, 2.05) is 13.0 Å². The minimum atomic E-state index is -4.21. The molecule has 3 nitrogen and oxygen atoms in total. The second-order valence-corrected chi connectivity index (χ2v) is 4.60. The van der Waals surface area contributed by atoms with Crippen molar-refractivity contribution >= 4 is 0 Å². The molecule has 0 spiro atoms. The van der Waals surface area contributed by atoms with Crippen molar-refractivity contribution in [3.63, 3.8) is 0 Å². The van der Waals surface area contributed by atoms with Crippen molar-refractivity contribution < 1.29 is 22.6 Å². The fraction of sp³-hybridized carbons (Fsp3) is 0.600. The van der Waals surface area contributed by atoms with Crippen LogP contribution in [-0.4, -0.2) is 25.9 Å².